The van der Waals surface area contributed by atoms with E-state index >= 15 is 0 Å². The highest BCUT2D eigenvalue weighted by atomic mass is 35.5. The third kappa shape index (κ3) is 2.47. The summed E-state index contributed by atoms with van der Waals surface area (Å²) in [5, 5.41) is 1.98. The average molecular weight is 318 g/mol. The second-order valence-electron chi connectivity index (χ2n) is 4.12. The van der Waals surface area contributed by atoms with Gasteiger partial charge in [-0.25, -0.2) is 8.78 Å². The summed E-state index contributed by atoms with van der Waals surface area (Å²) in [6, 6.07) is 3.96. The van der Waals surface area contributed by atoms with Crippen molar-refractivity contribution in [2.45, 2.75) is 17.7 Å². The standard InChI is InChI=1S/C13H10ClF2NS2/c14-12-10(13(15)16)11-9(19-12)4-1-5-17(11)7-8-3-2-6-18-8/h1-6,12-13H,7H2. The highest BCUT2D eigenvalue weighted by Crippen LogP contribution is 2.49. The van der Waals surface area contributed by atoms with E-state index in [1.165, 1.54) is 11.8 Å². The topological polar surface area (TPSA) is 3.24 Å². The number of nitrogens with zero attached hydrogens (tertiary/aromatic N) is 1. The molecule has 0 aliphatic carbocycles. The minimum absolute atomic E-state index is 0.0267. The summed E-state index contributed by atoms with van der Waals surface area (Å²) >= 11 is 8.93. The minimum atomic E-state index is -2.52. The lowest BCUT2D eigenvalue weighted by Gasteiger charge is -2.25. The molecule has 0 N–H and O–H groups in total. The first-order valence-corrected chi connectivity index (χ1v) is 7.87. The summed E-state index contributed by atoms with van der Waals surface area (Å²) in [5.74, 6) is 0. The van der Waals surface area contributed by atoms with Crippen molar-refractivity contribution < 1.29 is 8.78 Å². The largest absolute Gasteiger partial charge is 0.342 e. The van der Waals surface area contributed by atoms with Crippen LogP contribution in [-0.2, 0) is 6.54 Å². The van der Waals surface area contributed by atoms with E-state index in [1.54, 1.807) is 11.3 Å². The molecule has 2 aliphatic heterocycles. The number of alkyl halides is 3. The molecule has 1 atom stereocenters. The molecule has 100 valence electrons. The van der Waals surface area contributed by atoms with E-state index in [2.05, 4.69) is 0 Å². The fourth-order valence-electron chi connectivity index (χ4n) is 2.12. The molecule has 1 nitrogen and oxygen atoms in total. The maximum Gasteiger partial charge on any atom is 0.264 e. The second kappa shape index (κ2) is 5.31. The third-order valence-corrected chi connectivity index (χ3v) is 5.33. The van der Waals surface area contributed by atoms with E-state index in [-0.39, 0.29) is 5.57 Å². The maximum atomic E-state index is 13.2. The van der Waals surface area contributed by atoms with Gasteiger partial charge in [0, 0.05) is 21.6 Å². The van der Waals surface area contributed by atoms with Crippen molar-refractivity contribution in [3.63, 3.8) is 0 Å². The monoisotopic (exact) mass is 317 g/mol. The molecular formula is C13H10ClF2NS2. The van der Waals surface area contributed by atoms with Gasteiger partial charge in [0.1, 0.15) is 4.71 Å². The van der Waals surface area contributed by atoms with Gasteiger partial charge in [0.15, 0.2) is 0 Å². The molecule has 3 heterocycles. The predicted octanol–water partition coefficient (Wildman–Crippen LogP) is 4.79. The van der Waals surface area contributed by atoms with E-state index < -0.39 is 11.1 Å². The van der Waals surface area contributed by atoms with Crippen LogP contribution in [0.1, 0.15) is 4.88 Å². The zero-order valence-corrected chi connectivity index (χ0v) is 12.1. The summed E-state index contributed by atoms with van der Waals surface area (Å²) in [6.07, 6.45) is 3.03. The number of fused-ring (bicyclic) bond motifs is 1. The average Bonchev–Trinajstić information content (AvgIpc) is 2.95. The zero-order chi connectivity index (χ0) is 13.4. The van der Waals surface area contributed by atoms with Crippen LogP contribution in [0.5, 0.6) is 0 Å². The SMILES string of the molecule is FC(F)C1=C2C(=CC=CN2Cc2cccs2)SC1Cl. The molecule has 0 bridgehead atoms. The Morgan fingerprint density at radius 3 is 2.95 bits per heavy atom. The van der Waals surface area contributed by atoms with Crippen molar-refractivity contribution >= 4 is 34.7 Å². The molecule has 1 unspecified atom stereocenters. The van der Waals surface area contributed by atoms with Crippen molar-refractivity contribution in [3.05, 3.63) is 56.9 Å². The first kappa shape index (κ1) is 13.2. The molecule has 3 rings (SSSR count). The minimum Gasteiger partial charge on any atom is -0.342 e. The van der Waals surface area contributed by atoms with Crippen LogP contribution in [0.4, 0.5) is 8.78 Å². The van der Waals surface area contributed by atoms with Crippen LogP contribution < -0.4 is 0 Å². The normalized spacial score (nSPS) is 22.2. The lowest BCUT2D eigenvalue weighted by atomic mass is 10.1. The van der Waals surface area contributed by atoms with Crippen molar-refractivity contribution in [1.29, 1.82) is 0 Å². The molecule has 6 heteroatoms. The molecule has 1 aromatic heterocycles. The van der Waals surface area contributed by atoms with Gasteiger partial charge in [0.2, 0.25) is 0 Å². The van der Waals surface area contributed by atoms with Gasteiger partial charge in [-0.15, -0.1) is 22.9 Å². The van der Waals surface area contributed by atoms with Crippen LogP contribution in [-0.4, -0.2) is 16.0 Å². The van der Waals surface area contributed by atoms with Crippen LogP contribution in [0.25, 0.3) is 0 Å². The molecule has 1 aromatic rings. The van der Waals surface area contributed by atoms with Crippen LogP contribution in [0, 0.1) is 0 Å². The van der Waals surface area contributed by atoms with Crippen LogP contribution in [0.15, 0.2) is 52.0 Å². The Morgan fingerprint density at radius 2 is 2.26 bits per heavy atom. The molecule has 0 fully saturated rings. The van der Waals surface area contributed by atoms with Crippen molar-refractivity contribution in [2.24, 2.45) is 0 Å². The number of halogens is 3. The summed E-state index contributed by atoms with van der Waals surface area (Å²) in [6.45, 7) is 0.598. The zero-order valence-electron chi connectivity index (χ0n) is 9.72. The molecule has 0 aromatic carbocycles. The Bertz CT molecular complexity index is 563. The Labute approximate surface area is 123 Å². The van der Waals surface area contributed by atoms with Crippen molar-refractivity contribution in [2.75, 3.05) is 0 Å². The Balaban J connectivity index is 1.96. The van der Waals surface area contributed by atoms with Gasteiger partial charge < -0.3 is 4.90 Å². The van der Waals surface area contributed by atoms with E-state index in [0.29, 0.717) is 12.2 Å². The van der Waals surface area contributed by atoms with Gasteiger partial charge in [-0.2, -0.15) is 0 Å². The van der Waals surface area contributed by atoms with Gasteiger partial charge in [-0.1, -0.05) is 17.8 Å². The van der Waals surface area contributed by atoms with E-state index in [4.69, 9.17) is 11.6 Å². The van der Waals surface area contributed by atoms with Crippen molar-refractivity contribution in [1.82, 2.24) is 4.90 Å². The Morgan fingerprint density at radius 1 is 1.42 bits per heavy atom. The molecule has 0 amide bonds. The first-order valence-electron chi connectivity index (χ1n) is 5.67. The predicted molar refractivity (Wildman–Crippen MR) is 77.3 cm³/mol. The highest BCUT2D eigenvalue weighted by molar-refractivity contribution is 8.05. The Kier molecular flexibility index (Phi) is 3.69. The lowest BCUT2D eigenvalue weighted by Crippen LogP contribution is -2.20. The maximum absolute atomic E-state index is 13.2. The number of thiophene rings is 1. The summed E-state index contributed by atoms with van der Waals surface area (Å²) in [5.41, 5.74) is 0.606. The molecular weight excluding hydrogens is 308 g/mol. The molecule has 19 heavy (non-hydrogen) atoms. The molecule has 0 saturated heterocycles. The van der Waals surface area contributed by atoms with Gasteiger partial charge >= 0.3 is 0 Å². The molecule has 0 saturated carbocycles. The summed E-state index contributed by atoms with van der Waals surface area (Å²) in [7, 11) is 0. The smallest absolute Gasteiger partial charge is 0.264 e. The number of allylic oxidation sites excluding steroid dienone is 2. The van der Waals surface area contributed by atoms with Crippen LogP contribution in [0.3, 0.4) is 0 Å². The lowest BCUT2D eigenvalue weighted by molar-refractivity contribution is 0.185. The number of hydrogen-bond acceptors (Lipinski definition) is 3. The summed E-state index contributed by atoms with van der Waals surface area (Å²) < 4.78 is 25.7. The third-order valence-electron chi connectivity index (χ3n) is 2.92. The van der Waals surface area contributed by atoms with E-state index in [1.807, 2.05) is 40.8 Å². The molecule has 0 radical (unpaired) electrons. The Hall–Kier alpha value is -0.780. The summed E-state index contributed by atoms with van der Waals surface area (Å²) in [4.78, 5) is 3.82. The van der Waals surface area contributed by atoms with Gasteiger partial charge in [0.25, 0.3) is 6.43 Å². The molecule has 0 spiro atoms. The second-order valence-corrected chi connectivity index (χ2v) is 6.99. The quantitative estimate of drug-likeness (QED) is 0.737. The molecule has 2 aliphatic rings. The number of thioether (sulfide) groups is 1. The van der Waals surface area contributed by atoms with E-state index in [0.717, 1.165) is 9.78 Å². The van der Waals surface area contributed by atoms with Gasteiger partial charge in [0.05, 0.1) is 12.2 Å². The van der Waals surface area contributed by atoms with Crippen LogP contribution >= 0.6 is 34.7 Å². The van der Waals surface area contributed by atoms with Gasteiger partial charge in [-0.05, 0) is 23.6 Å². The highest BCUT2D eigenvalue weighted by Gasteiger charge is 2.37. The first-order chi connectivity index (χ1) is 9.16. The number of rotatable bonds is 3. The fraction of sp³-hybridized carbons (Fsp3) is 0.231. The van der Waals surface area contributed by atoms with E-state index in [9.17, 15) is 8.78 Å². The van der Waals surface area contributed by atoms with Crippen LogP contribution in [0.2, 0.25) is 0 Å². The fourth-order valence-corrected chi connectivity index (χ4v) is 4.38. The number of hydrogen-bond donors (Lipinski definition) is 0. The van der Waals surface area contributed by atoms with Crippen molar-refractivity contribution in [3.8, 4) is 0 Å². The van der Waals surface area contributed by atoms with Gasteiger partial charge in [-0.3, -0.25) is 0 Å².